The second-order valence-corrected chi connectivity index (χ2v) is 7.81. The molecule has 0 amide bonds. The molecule has 2 aromatic carbocycles. The number of anilines is 1. The third-order valence-corrected chi connectivity index (χ3v) is 6.11. The first-order valence-electron chi connectivity index (χ1n) is 10.4. The molecule has 0 bridgehead atoms. The van der Waals surface area contributed by atoms with Crippen molar-refractivity contribution < 1.29 is 40.9 Å². The predicted molar refractivity (Wildman–Crippen MR) is 110 cm³/mol. The molecule has 0 aliphatic carbocycles. The van der Waals surface area contributed by atoms with E-state index in [1.165, 1.54) is 0 Å². The van der Waals surface area contributed by atoms with Gasteiger partial charge in [0.15, 0.2) is 29.5 Å². The van der Waals surface area contributed by atoms with Crippen LogP contribution in [0.5, 0.6) is 17.2 Å². The minimum absolute atomic E-state index is 0. The largest absolute Gasteiger partial charge is 1.00 e. The molecule has 0 fully saturated rings. The summed E-state index contributed by atoms with van der Waals surface area (Å²) in [7, 11) is 1.69. The normalized spacial score (nSPS) is 22.8. The van der Waals surface area contributed by atoms with E-state index in [1.54, 1.807) is 7.11 Å². The minimum atomic E-state index is -1.13. The summed E-state index contributed by atoms with van der Waals surface area (Å²) >= 11 is 0. The van der Waals surface area contributed by atoms with Gasteiger partial charge in [-0.2, -0.15) is 0 Å². The van der Waals surface area contributed by atoms with Gasteiger partial charge in [0.1, 0.15) is 13.2 Å². The molecule has 30 heavy (non-hydrogen) atoms. The highest BCUT2D eigenvalue weighted by Crippen LogP contribution is 2.41. The van der Waals surface area contributed by atoms with Crippen molar-refractivity contribution in [3.63, 3.8) is 0 Å². The zero-order valence-electron chi connectivity index (χ0n) is 17.1. The molecule has 3 aliphatic rings. The van der Waals surface area contributed by atoms with Crippen molar-refractivity contribution in [2.24, 2.45) is 0 Å². The average Bonchev–Trinajstić information content (AvgIpc) is 2.91. The van der Waals surface area contributed by atoms with Crippen molar-refractivity contribution in [3.8, 4) is 17.2 Å². The van der Waals surface area contributed by atoms with Crippen LogP contribution in [0.25, 0.3) is 0 Å². The number of hydrogen-bond donors (Lipinski definition) is 1. The summed E-state index contributed by atoms with van der Waals surface area (Å²) in [5.74, 6) is 3.41. The Hall–Kier alpha value is -2.25. The Labute approximate surface area is 187 Å². The molecule has 0 radical (unpaired) electrons. The number of fused-ring (bicyclic) bond motifs is 1. The van der Waals surface area contributed by atoms with Gasteiger partial charge in [-0.25, -0.2) is 9.48 Å². The fourth-order valence-electron chi connectivity index (χ4n) is 4.69. The summed E-state index contributed by atoms with van der Waals surface area (Å²) in [4.78, 5) is 2.22. The first-order chi connectivity index (χ1) is 14.2. The number of para-hydroxylation sites is 2. The fraction of sp³-hybridized carbons (Fsp3) is 0.435. The minimum Gasteiger partial charge on any atom is -1.00 e. The van der Waals surface area contributed by atoms with E-state index in [-0.39, 0.29) is 17.0 Å². The van der Waals surface area contributed by atoms with E-state index in [0.717, 1.165) is 60.8 Å². The molecule has 2 aromatic rings. The van der Waals surface area contributed by atoms with Gasteiger partial charge in [-0.05, 0) is 49.6 Å². The Balaban J connectivity index is 0.00000218. The van der Waals surface area contributed by atoms with E-state index < -0.39 is 5.72 Å². The first-order valence-corrected chi connectivity index (χ1v) is 10.4. The third-order valence-electron chi connectivity index (χ3n) is 6.11. The molecule has 3 heterocycles. The number of amidine groups is 1. The van der Waals surface area contributed by atoms with Crippen LogP contribution in [0, 0.1) is 0 Å². The Morgan fingerprint density at radius 1 is 1.03 bits per heavy atom. The maximum Gasteiger partial charge on any atom is 0.271 e. The number of β-amino-alcohol motifs (C(OH)–C–C–N with tert-alkyl or cyclic N) is 1. The molecule has 7 heteroatoms. The SMILES string of the molecule is COc1ccccc1N1CC(O)(c2ccc3c(c2)OCCO3)[N+]2=C1CCCCC2.[Br-]. The lowest BCUT2D eigenvalue weighted by atomic mass is 10.0. The van der Waals surface area contributed by atoms with Gasteiger partial charge in [0.2, 0.25) is 0 Å². The second kappa shape index (κ2) is 8.47. The first kappa shape index (κ1) is 21.0. The summed E-state index contributed by atoms with van der Waals surface area (Å²) < 4.78 is 19.3. The van der Waals surface area contributed by atoms with Crippen molar-refractivity contribution in [1.29, 1.82) is 0 Å². The van der Waals surface area contributed by atoms with Crippen LogP contribution in [0.15, 0.2) is 42.5 Å². The molecule has 1 N–H and O–H groups in total. The van der Waals surface area contributed by atoms with Crippen LogP contribution >= 0.6 is 0 Å². The topological polar surface area (TPSA) is 54.2 Å². The van der Waals surface area contributed by atoms with Crippen LogP contribution in [-0.2, 0) is 5.72 Å². The number of rotatable bonds is 3. The maximum absolute atomic E-state index is 12.0. The Bertz CT molecular complexity index is 964. The van der Waals surface area contributed by atoms with E-state index in [2.05, 4.69) is 15.5 Å². The molecule has 1 atom stereocenters. The molecule has 1 unspecified atom stereocenters. The van der Waals surface area contributed by atoms with Gasteiger partial charge < -0.3 is 36.3 Å². The fourth-order valence-corrected chi connectivity index (χ4v) is 4.69. The van der Waals surface area contributed by atoms with Crippen LogP contribution in [0.2, 0.25) is 0 Å². The molecule has 3 aliphatic heterocycles. The average molecular weight is 475 g/mol. The second-order valence-electron chi connectivity index (χ2n) is 7.81. The summed E-state index contributed by atoms with van der Waals surface area (Å²) in [6.45, 7) is 2.36. The van der Waals surface area contributed by atoms with Crippen LogP contribution in [0.1, 0.15) is 31.2 Å². The molecule has 0 saturated carbocycles. The number of hydrogen-bond acceptors (Lipinski definition) is 5. The molecular weight excluding hydrogens is 448 g/mol. The highest BCUT2D eigenvalue weighted by molar-refractivity contribution is 5.97. The van der Waals surface area contributed by atoms with Crippen LogP contribution in [0.3, 0.4) is 0 Å². The van der Waals surface area contributed by atoms with Crippen molar-refractivity contribution >= 4 is 11.5 Å². The monoisotopic (exact) mass is 474 g/mol. The van der Waals surface area contributed by atoms with Crippen LogP contribution in [0.4, 0.5) is 5.69 Å². The molecule has 0 saturated heterocycles. The van der Waals surface area contributed by atoms with Crippen LogP contribution < -0.4 is 36.1 Å². The van der Waals surface area contributed by atoms with Crippen molar-refractivity contribution in [3.05, 3.63) is 48.0 Å². The lowest BCUT2D eigenvalue weighted by molar-refractivity contribution is -0.658. The smallest absolute Gasteiger partial charge is 0.271 e. The van der Waals surface area contributed by atoms with E-state index in [0.29, 0.717) is 25.5 Å². The standard InChI is InChI=1S/C23H27N2O4.BrH/c1-27-19-8-5-4-7-18(19)24-16-23(26,25-12-6-2-3-9-22(24)25)17-10-11-20-21(15-17)29-14-13-28-20;/h4-5,7-8,10-11,15,26H,2-3,6,9,12-14,16H2,1H3;1H/q+1;/p-1. The summed E-state index contributed by atoms with van der Waals surface area (Å²) in [5.41, 5.74) is 0.694. The van der Waals surface area contributed by atoms with Gasteiger partial charge in [0.25, 0.3) is 11.6 Å². The molecule has 6 nitrogen and oxygen atoms in total. The zero-order valence-corrected chi connectivity index (χ0v) is 18.7. The highest BCUT2D eigenvalue weighted by Gasteiger charge is 2.52. The lowest BCUT2D eigenvalue weighted by Crippen LogP contribution is -3.00. The van der Waals surface area contributed by atoms with Gasteiger partial charge in [-0.3, -0.25) is 0 Å². The van der Waals surface area contributed by atoms with E-state index in [1.807, 2.05) is 36.4 Å². The van der Waals surface area contributed by atoms with Gasteiger partial charge >= 0.3 is 0 Å². The van der Waals surface area contributed by atoms with Gasteiger partial charge in [-0.1, -0.05) is 12.1 Å². The van der Waals surface area contributed by atoms with Crippen molar-refractivity contribution in [2.75, 3.05) is 38.3 Å². The molecular formula is C23H27BrN2O4. The number of ether oxygens (including phenoxy) is 3. The molecule has 0 spiro atoms. The van der Waals surface area contributed by atoms with Crippen molar-refractivity contribution in [2.45, 2.75) is 31.4 Å². The van der Waals surface area contributed by atoms with Gasteiger partial charge in [0, 0.05) is 12.0 Å². The van der Waals surface area contributed by atoms with Gasteiger partial charge in [-0.15, -0.1) is 0 Å². The molecule has 160 valence electrons. The number of benzene rings is 2. The predicted octanol–water partition coefficient (Wildman–Crippen LogP) is 0.121. The van der Waals surface area contributed by atoms with Crippen LogP contribution in [-0.4, -0.2) is 48.9 Å². The molecule has 5 rings (SSSR count). The highest BCUT2D eigenvalue weighted by atomic mass is 79.9. The zero-order chi connectivity index (χ0) is 19.8. The third kappa shape index (κ3) is 3.44. The quantitative estimate of drug-likeness (QED) is 0.640. The van der Waals surface area contributed by atoms with Crippen molar-refractivity contribution in [1.82, 2.24) is 0 Å². The summed E-state index contributed by atoms with van der Waals surface area (Å²) in [6, 6.07) is 13.8. The number of methoxy groups -OCH3 is 1. The number of halogens is 1. The maximum atomic E-state index is 12.0. The van der Waals surface area contributed by atoms with E-state index >= 15 is 0 Å². The Morgan fingerprint density at radius 3 is 2.67 bits per heavy atom. The van der Waals surface area contributed by atoms with E-state index in [4.69, 9.17) is 14.2 Å². The Kier molecular flexibility index (Phi) is 5.93. The van der Waals surface area contributed by atoms with Gasteiger partial charge in [0.05, 0.1) is 13.7 Å². The lowest BCUT2D eigenvalue weighted by Gasteiger charge is -2.26. The summed E-state index contributed by atoms with van der Waals surface area (Å²) in [5, 5.41) is 12.0. The summed E-state index contributed by atoms with van der Waals surface area (Å²) in [6.07, 6.45) is 4.28. The Morgan fingerprint density at radius 2 is 1.83 bits per heavy atom. The number of nitrogens with zero attached hydrogens (tertiary/aromatic N) is 2. The van der Waals surface area contributed by atoms with E-state index in [9.17, 15) is 5.11 Å². The number of aliphatic hydroxyl groups is 1. The molecule has 0 aromatic heterocycles.